The highest BCUT2D eigenvalue weighted by molar-refractivity contribution is 9.10. The van der Waals surface area contributed by atoms with Crippen LogP contribution >= 0.6 is 27.3 Å². The molecule has 3 aromatic rings. The van der Waals surface area contributed by atoms with Crippen LogP contribution in [0.2, 0.25) is 0 Å². The van der Waals surface area contributed by atoms with E-state index in [0.29, 0.717) is 22.1 Å². The molecule has 3 rings (SSSR count). The van der Waals surface area contributed by atoms with Crippen molar-refractivity contribution in [2.24, 2.45) is 0 Å². The lowest BCUT2D eigenvalue weighted by Gasteiger charge is -2.07. The molecular formula is C18H17BrN4O5S. The topological polar surface area (TPSA) is 112 Å². The number of nitrogens with one attached hydrogen (secondary N) is 1. The lowest BCUT2D eigenvalue weighted by molar-refractivity contribution is 0.0506. The van der Waals surface area contributed by atoms with Gasteiger partial charge in [-0.3, -0.25) is 4.79 Å². The summed E-state index contributed by atoms with van der Waals surface area (Å²) in [6.45, 7) is 3.69. The van der Waals surface area contributed by atoms with Crippen LogP contribution in [0.25, 0.3) is 5.65 Å². The molecule has 0 atom stereocenters. The Bertz CT molecular complexity index is 1110. The lowest BCUT2D eigenvalue weighted by Crippen LogP contribution is -2.16. The average molecular weight is 481 g/mol. The Balaban J connectivity index is 2.00. The van der Waals surface area contributed by atoms with Gasteiger partial charge in [0.25, 0.3) is 5.91 Å². The molecular weight excluding hydrogens is 464 g/mol. The largest absolute Gasteiger partial charge is 0.465 e. The maximum atomic E-state index is 12.8. The number of fused-ring (bicyclic) bond motifs is 1. The Morgan fingerprint density at radius 2 is 2.07 bits per heavy atom. The highest BCUT2D eigenvalue weighted by atomic mass is 79.9. The molecule has 0 aromatic carbocycles. The van der Waals surface area contributed by atoms with Gasteiger partial charge < -0.3 is 14.8 Å². The fraction of sp³-hybridized carbons (Fsp3) is 0.278. The van der Waals surface area contributed by atoms with Crippen LogP contribution in [-0.2, 0) is 9.47 Å². The molecule has 0 saturated heterocycles. The smallest absolute Gasteiger partial charge is 0.348 e. The molecule has 3 heterocycles. The van der Waals surface area contributed by atoms with E-state index in [0.717, 1.165) is 11.3 Å². The van der Waals surface area contributed by atoms with Gasteiger partial charge in [-0.25, -0.2) is 19.1 Å². The van der Waals surface area contributed by atoms with Gasteiger partial charge in [0.05, 0.1) is 23.8 Å². The number of carbonyl (C=O) groups is 3. The lowest BCUT2D eigenvalue weighted by atomic mass is 10.1. The Labute approximate surface area is 178 Å². The first-order valence-electron chi connectivity index (χ1n) is 8.58. The molecule has 152 valence electrons. The van der Waals surface area contributed by atoms with Gasteiger partial charge in [0, 0.05) is 12.4 Å². The zero-order chi connectivity index (χ0) is 21.1. The van der Waals surface area contributed by atoms with Gasteiger partial charge in [0.1, 0.15) is 9.88 Å². The molecule has 11 heteroatoms. The summed E-state index contributed by atoms with van der Waals surface area (Å²) in [6, 6.07) is 1.68. The third kappa shape index (κ3) is 4.01. The molecule has 0 aliphatic carbocycles. The van der Waals surface area contributed by atoms with Crippen LogP contribution in [0, 0.1) is 6.92 Å². The van der Waals surface area contributed by atoms with Crippen LogP contribution in [0.15, 0.2) is 22.9 Å². The second-order valence-corrected chi connectivity index (χ2v) is 7.71. The molecule has 0 aliphatic rings. The summed E-state index contributed by atoms with van der Waals surface area (Å²) in [4.78, 5) is 41.8. The Morgan fingerprint density at radius 1 is 1.31 bits per heavy atom. The third-order valence-corrected chi connectivity index (χ3v) is 5.86. The molecule has 0 unspecified atom stereocenters. The van der Waals surface area contributed by atoms with Crippen LogP contribution in [0.3, 0.4) is 0 Å². The zero-order valence-electron chi connectivity index (χ0n) is 15.8. The van der Waals surface area contributed by atoms with Crippen LogP contribution in [0.4, 0.5) is 5.00 Å². The van der Waals surface area contributed by atoms with Gasteiger partial charge in [-0.15, -0.1) is 11.3 Å². The molecule has 0 fully saturated rings. The minimum atomic E-state index is -0.623. The van der Waals surface area contributed by atoms with Crippen molar-refractivity contribution in [3.63, 3.8) is 0 Å². The van der Waals surface area contributed by atoms with E-state index < -0.39 is 17.8 Å². The fourth-order valence-corrected chi connectivity index (χ4v) is 4.22. The average Bonchev–Trinajstić information content (AvgIpc) is 3.23. The molecule has 0 bridgehead atoms. The highest BCUT2D eigenvalue weighted by Crippen LogP contribution is 2.35. The van der Waals surface area contributed by atoms with E-state index >= 15 is 0 Å². The molecule has 0 radical (unpaired) electrons. The van der Waals surface area contributed by atoms with E-state index in [9.17, 15) is 14.4 Å². The molecule has 1 N–H and O–H groups in total. The number of anilines is 1. The fourth-order valence-electron chi connectivity index (χ4n) is 2.57. The number of nitrogens with zero attached hydrogens (tertiary/aromatic N) is 3. The maximum absolute atomic E-state index is 12.8. The van der Waals surface area contributed by atoms with Crippen LogP contribution in [-0.4, -0.2) is 46.2 Å². The van der Waals surface area contributed by atoms with Crippen LogP contribution < -0.4 is 5.32 Å². The SMILES string of the molecule is CCCOC(=O)c1c(NC(=O)c2nn3cccnc3c2Br)sc(C(=O)OC)c1C. The number of hydrogen-bond donors (Lipinski definition) is 1. The second-order valence-electron chi connectivity index (χ2n) is 5.89. The molecule has 0 aliphatic heterocycles. The Kier molecular flexibility index (Phi) is 6.28. The first kappa shape index (κ1) is 20.9. The van der Waals surface area contributed by atoms with Gasteiger partial charge in [-0.1, -0.05) is 6.92 Å². The molecule has 1 amide bonds. The standard InChI is InChI=1S/C18H17BrN4O5S/c1-4-8-28-17(25)10-9(2)13(18(26)27-3)29-16(10)21-15(24)12-11(19)14-20-6-5-7-23(14)22-12/h5-7H,4,8H2,1-3H3,(H,21,24). The molecule has 9 nitrogen and oxygen atoms in total. The number of hydrogen-bond acceptors (Lipinski definition) is 8. The van der Waals surface area contributed by atoms with Crippen molar-refractivity contribution >= 4 is 55.8 Å². The first-order valence-corrected chi connectivity index (χ1v) is 10.2. The van der Waals surface area contributed by atoms with Gasteiger partial charge in [0.15, 0.2) is 11.3 Å². The number of esters is 2. The van der Waals surface area contributed by atoms with E-state index in [1.165, 1.54) is 11.6 Å². The van der Waals surface area contributed by atoms with Crippen molar-refractivity contribution in [3.8, 4) is 0 Å². The minimum absolute atomic E-state index is 0.0854. The first-order chi connectivity index (χ1) is 13.9. The second kappa shape index (κ2) is 8.70. The summed E-state index contributed by atoms with van der Waals surface area (Å²) < 4.78 is 11.8. The number of halogens is 1. The molecule has 0 spiro atoms. The normalized spacial score (nSPS) is 10.8. The number of thiophene rings is 1. The van der Waals surface area contributed by atoms with Crippen molar-refractivity contribution in [1.82, 2.24) is 14.6 Å². The van der Waals surface area contributed by atoms with Gasteiger partial charge in [-0.05, 0) is 40.9 Å². The maximum Gasteiger partial charge on any atom is 0.348 e. The Morgan fingerprint density at radius 3 is 2.72 bits per heavy atom. The number of ether oxygens (including phenoxy) is 2. The monoisotopic (exact) mass is 480 g/mol. The predicted octanol–water partition coefficient (Wildman–Crippen LogP) is 3.47. The van der Waals surface area contributed by atoms with E-state index in [4.69, 9.17) is 9.47 Å². The quantitative estimate of drug-likeness (QED) is 0.537. The van der Waals surface area contributed by atoms with E-state index in [2.05, 4.69) is 31.3 Å². The van der Waals surface area contributed by atoms with Crippen LogP contribution in [0.5, 0.6) is 0 Å². The Hall–Kier alpha value is -2.79. The molecule has 0 saturated carbocycles. The highest BCUT2D eigenvalue weighted by Gasteiger charge is 2.28. The van der Waals surface area contributed by atoms with Crippen molar-refractivity contribution in [2.75, 3.05) is 19.0 Å². The van der Waals surface area contributed by atoms with Gasteiger partial charge >= 0.3 is 11.9 Å². The summed E-state index contributed by atoms with van der Waals surface area (Å²) in [6.07, 6.45) is 3.88. The third-order valence-electron chi connectivity index (χ3n) is 3.94. The summed E-state index contributed by atoms with van der Waals surface area (Å²) in [5.74, 6) is -1.79. The number of methoxy groups -OCH3 is 1. The van der Waals surface area contributed by atoms with Crippen molar-refractivity contribution in [3.05, 3.63) is 44.6 Å². The summed E-state index contributed by atoms with van der Waals surface area (Å²) in [5.41, 5.74) is 1.06. The number of carbonyl (C=O) groups excluding carboxylic acids is 3. The molecule has 3 aromatic heterocycles. The number of rotatable bonds is 6. The summed E-state index contributed by atoms with van der Waals surface area (Å²) in [7, 11) is 1.25. The molecule has 29 heavy (non-hydrogen) atoms. The summed E-state index contributed by atoms with van der Waals surface area (Å²) in [5, 5.41) is 7.05. The summed E-state index contributed by atoms with van der Waals surface area (Å²) >= 11 is 4.28. The predicted molar refractivity (Wildman–Crippen MR) is 110 cm³/mol. The minimum Gasteiger partial charge on any atom is -0.465 e. The van der Waals surface area contributed by atoms with Gasteiger partial charge in [0.2, 0.25) is 0 Å². The van der Waals surface area contributed by atoms with Crippen molar-refractivity contribution < 1.29 is 23.9 Å². The van der Waals surface area contributed by atoms with Crippen LogP contribution in [0.1, 0.15) is 49.4 Å². The van der Waals surface area contributed by atoms with Crippen molar-refractivity contribution in [1.29, 1.82) is 0 Å². The van der Waals surface area contributed by atoms with Gasteiger partial charge in [-0.2, -0.15) is 5.10 Å². The van der Waals surface area contributed by atoms with E-state index in [1.807, 2.05) is 6.92 Å². The van der Waals surface area contributed by atoms with E-state index in [-0.39, 0.29) is 27.7 Å². The number of amides is 1. The zero-order valence-corrected chi connectivity index (χ0v) is 18.2. The van der Waals surface area contributed by atoms with Crippen molar-refractivity contribution in [2.45, 2.75) is 20.3 Å². The number of aromatic nitrogens is 3. The van der Waals surface area contributed by atoms with E-state index in [1.54, 1.807) is 25.4 Å².